The highest BCUT2D eigenvalue weighted by atomic mass is 32.2. The Kier molecular flexibility index (Phi) is 8.51. The number of nitrogens with zero attached hydrogens (tertiary/aromatic N) is 2. The van der Waals surface area contributed by atoms with Crippen molar-refractivity contribution in [1.29, 1.82) is 0 Å². The largest absolute Gasteiger partial charge is 0.493 e. The summed E-state index contributed by atoms with van der Waals surface area (Å²) in [5, 5.41) is 0.983. The third-order valence-electron chi connectivity index (χ3n) is 8.14. The first-order valence-corrected chi connectivity index (χ1v) is 17.1. The van der Waals surface area contributed by atoms with Crippen molar-refractivity contribution in [3.8, 4) is 33.9 Å². The molecule has 46 heavy (non-hydrogen) atoms. The molecule has 0 atom stereocenters. The Hall–Kier alpha value is -4.79. The number of aromatic nitrogens is 1. The second kappa shape index (κ2) is 12.5. The Balaban J connectivity index is 1.72. The lowest BCUT2D eigenvalue weighted by Crippen LogP contribution is -2.13. The van der Waals surface area contributed by atoms with Crippen LogP contribution < -0.4 is 14.4 Å². The number of pyridine rings is 1. The van der Waals surface area contributed by atoms with Crippen LogP contribution in [0.1, 0.15) is 11.1 Å². The van der Waals surface area contributed by atoms with Gasteiger partial charge in [0.2, 0.25) is 0 Å². The van der Waals surface area contributed by atoms with Gasteiger partial charge in [-0.15, -0.1) is 12.6 Å². The summed E-state index contributed by atoms with van der Waals surface area (Å²) in [7, 11) is -0.112. The number of aryl methyl sites for hydroxylation is 2. The summed E-state index contributed by atoms with van der Waals surface area (Å²) < 4.78 is 35.7. The van der Waals surface area contributed by atoms with Crippen LogP contribution in [0.3, 0.4) is 0 Å². The fourth-order valence-corrected chi connectivity index (χ4v) is 6.68. The van der Waals surface area contributed by atoms with E-state index >= 15 is 0 Å². The zero-order valence-electron chi connectivity index (χ0n) is 26.3. The molecule has 0 spiro atoms. The number of hydrogen-bond acceptors (Lipinski definition) is 7. The van der Waals surface area contributed by atoms with Crippen LogP contribution in [0.25, 0.3) is 33.3 Å². The third-order valence-corrected chi connectivity index (χ3v) is 9.65. The van der Waals surface area contributed by atoms with E-state index in [1.54, 1.807) is 38.5 Å². The molecular formula is C38H34N2O4S2. The lowest BCUT2D eigenvalue weighted by Gasteiger charge is -2.29. The first-order chi connectivity index (χ1) is 22.1. The van der Waals surface area contributed by atoms with Gasteiger partial charge in [0.25, 0.3) is 0 Å². The zero-order valence-corrected chi connectivity index (χ0v) is 28.0. The molecule has 8 heteroatoms. The minimum Gasteiger partial charge on any atom is -0.493 e. The van der Waals surface area contributed by atoms with Crippen molar-refractivity contribution in [2.24, 2.45) is 0 Å². The van der Waals surface area contributed by atoms with Gasteiger partial charge in [0.1, 0.15) is 0 Å². The van der Waals surface area contributed by atoms with Crippen LogP contribution in [0.5, 0.6) is 11.5 Å². The van der Waals surface area contributed by atoms with E-state index < -0.39 is 9.84 Å². The van der Waals surface area contributed by atoms with Crippen LogP contribution in [0, 0.1) is 13.8 Å². The van der Waals surface area contributed by atoms with E-state index in [1.807, 2.05) is 48.5 Å². The van der Waals surface area contributed by atoms with Gasteiger partial charge in [-0.05, 0) is 90.7 Å². The quantitative estimate of drug-likeness (QED) is 0.166. The Morgan fingerprint density at radius 2 is 1.33 bits per heavy atom. The zero-order chi connectivity index (χ0) is 32.6. The second-order valence-electron chi connectivity index (χ2n) is 11.2. The van der Waals surface area contributed by atoms with Gasteiger partial charge in [0.05, 0.1) is 41.7 Å². The van der Waals surface area contributed by atoms with E-state index in [2.05, 4.69) is 55.1 Å². The molecule has 0 radical (unpaired) electrons. The second-order valence-corrected chi connectivity index (χ2v) is 13.7. The van der Waals surface area contributed by atoms with Crippen LogP contribution in [0.15, 0.2) is 119 Å². The van der Waals surface area contributed by atoms with Gasteiger partial charge in [-0.25, -0.2) is 13.4 Å². The van der Waals surface area contributed by atoms with Crippen LogP contribution in [-0.4, -0.2) is 33.9 Å². The molecule has 1 aromatic heterocycles. The van der Waals surface area contributed by atoms with Crippen LogP contribution in [-0.2, 0) is 9.84 Å². The lowest BCUT2D eigenvalue weighted by atomic mass is 9.94. The predicted octanol–water partition coefficient (Wildman–Crippen LogP) is 9.36. The van der Waals surface area contributed by atoms with Crippen molar-refractivity contribution in [1.82, 2.24) is 4.98 Å². The molecule has 0 bridgehead atoms. The van der Waals surface area contributed by atoms with E-state index in [1.165, 1.54) is 6.26 Å². The molecule has 0 aliphatic carbocycles. The summed E-state index contributed by atoms with van der Waals surface area (Å²) in [4.78, 5) is 8.61. The topological polar surface area (TPSA) is 68.7 Å². The number of benzene rings is 5. The van der Waals surface area contributed by atoms with Gasteiger partial charge in [-0.3, -0.25) is 0 Å². The SMILES string of the molecule is COc1ccc(-c2cc(-c3ccc(S(C)(=O)=O)cc3)nc3c(N(c4ccccc4C)c4ccccc4S)ccc(C)c23)cc1OC. The number of hydrogen-bond donors (Lipinski definition) is 1. The Bertz CT molecular complexity index is 2150. The average Bonchev–Trinajstić information content (AvgIpc) is 3.06. The highest BCUT2D eigenvalue weighted by Gasteiger charge is 2.23. The van der Waals surface area contributed by atoms with Crippen molar-refractivity contribution in [2.45, 2.75) is 23.6 Å². The van der Waals surface area contributed by atoms with Crippen molar-refractivity contribution < 1.29 is 17.9 Å². The Morgan fingerprint density at radius 1 is 0.674 bits per heavy atom. The number of thiol groups is 1. The summed E-state index contributed by atoms with van der Waals surface area (Å²) in [6, 6.07) is 35.3. The van der Waals surface area contributed by atoms with Gasteiger partial charge in [-0.2, -0.15) is 0 Å². The van der Waals surface area contributed by atoms with Gasteiger partial charge >= 0.3 is 0 Å². The van der Waals surface area contributed by atoms with E-state index in [0.717, 1.165) is 60.7 Å². The molecule has 0 unspecified atom stereocenters. The summed E-state index contributed by atoms with van der Waals surface area (Å²) in [5.74, 6) is 1.25. The summed E-state index contributed by atoms with van der Waals surface area (Å²) in [6.45, 7) is 4.18. The van der Waals surface area contributed by atoms with Crippen LogP contribution in [0.4, 0.5) is 17.1 Å². The molecule has 1 heterocycles. The molecule has 0 aliphatic rings. The molecular weight excluding hydrogens is 613 g/mol. The molecule has 5 aromatic carbocycles. The van der Waals surface area contributed by atoms with E-state index in [-0.39, 0.29) is 4.90 Å². The fraction of sp³-hybridized carbons (Fsp3) is 0.132. The first-order valence-electron chi connectivity index (χ1n) is 14.7. The number of ether oxygens (including phenoxy) is 2. The van der Waals surface area contributed by atoms with Gasteiger partial charge in [0, 0.05) is 27.8 Å². The van der Waals surface area contributed by atoms with Gasteiger partial charge < -0.3 is 14.4 Å². The van der Waals surface area contributed by atoms with Crippen LogP contribution >= 0.6 is 12.6 Å². The molecule has 6 rings (SSSR count). The molecule has 0 amide bonds. The highest BCUT2D eigenvalue weighted by molar-refractivity contribution is 7.90. The van der Waals surface area contributed by atoms with Crippen molar-refractivity contribution in [3.63, 3.8) is 0 Å². The monoisotopic (exact) mass is 646 g/mol. The van der Waals surface area contributed by atoms with Gasteiger partial charge in [0.15, 0.2) is 21.3 Å². The lowest BCUT2D eigenvalue weighted by molar-refractivity contribution is 0.355. The number of para-hydroxylation sites is 2. The molecule has 6 aromatic rings. The minimum absolute atomic E-state index is 0.254. The minimum atomic E-state index is -3.36. The Labute approximate surface area is 275 Å². The van der Waals surface area contributed by atoms with Crippen molar-refractivity contribution in [3.05, 3.63) is 120 Å². The van der Waals surface area contributed by atoms with Crippen molar-refractivity contribution >= 4 is 50.4 Å². The summed E-state index contributed by atoms with van der Waals surface area (Å²) >= 11 is 4.88. The highest BCUT2D eigenvalue weighted by Crippen LogP contribution is 2.46. The normalized spacial score (nSPS) is 11.4. The number of sulfone groups is 1. The Morgan fingerprint density at radius 3 is 1.98 bits per heavy atom. The number of methoxy groups -OCH3 is 2. The van der Waals surface area contributed by atoms with Gasteiger partial charge in [-0.1, -0.05) is 54.6 Å². The number of rotatable bonds is 8. The number of anilines is 3. The molecule has 0 N–H and O–H groups in total. The van der Waals surface area contributed by atoms with E-state index in [9.17, 15) is 8.42 Å². The predicted molar refractivity (Wildman–Crippen MR) is 190 cm³/mol. The smallest absolute Gasteiger partial charge is 0.175 e. The third kappa shape index (κ3) is 5.82. The van der Waals surface area contributed by atoms with E-state index in [0.29, 0.717) is 17.2 Å². The maximum atomic E-state index is 12.2. The average molecular weight is 647 g/mol. The van der Waals surface area contributed by atoms with Crippen molar-refractivity contribution in [2.75, 3.05) is 25.4 Å². The molecule has 0 saturated heterocycles. The maximum absolute atomic E-state index is 12.2. The maximum Gasteiger partial charge on any atom is 0.175 e. The molecule has 232 valence electrons. The fourth-order valence-electron chi connectivity index (χ4n) is 5.79. The molecule has 6 nitrogen and oxygen atoms in total. The number of fused-ring (bicyclic) bond motifs is 1. The summed E-state index contributed by atoms with van der Waals surface area (Å²) in [5.41, 5.74) is 9.12. The van der Waals surface area contributed by atoms with E-state index in [4.69, 9.17) is 27.1 Å². The molecule has 0 aliphatic heterocycles. The molecule has 0 fully saturated rings. The van der Waals surface area contributed by atoms with Crippen LogP contribution in [0.2, 0.25) is 0 Å². The standard InChI is InChI=1S/C38H34N2O4S2/c1-24-10-6-7-11-31(24)40(32-12-8-9-13-36(32)45)33-20-14-25(2)37-29(27-17-21-34(43-3)35(22-27)44-4)23-30(39-38(33)37)26-15-18-28(19-16-26)46(5,41)42/h6-23,45H,1-5H3. The molecule has 0 saturated carbocycles. The summed E-state index contributed by atoms with van der Waals surface area (Å²) in [6.07, 6.45) is 1.21. The first kappa shape index (κ1) is 31.2.